The van der Waals surface area contributed by atoms with Gasteiger partial charge in [-0.3, -0.25) is 0 Å². The van der Waals surface area contributed by atoms with Crippen LogP contribution in [0.25, 0.3) is 0 Å². The maximum Gasteiger partial charge on any atom is 0.127 e. The zero-order valence-corrected chi connectivity index (χ0v) is 8.55. The highest BCUT2D eigenvalue weighted by Gasteiger charge is 2.20. The molecule has 72 valence electrons. The molecule has 0 aromatic rings. The van der Waals surface area contributed by atoms with Crippen LogP contribution >= 0.6 is 0 Å². The van der Waals surface area contributed by atoms with Crippen molar-refractivity contribution in [1.29, 1.82) is 0 Å². The van der Waals surface area contributed by atoms with Gasteiger partial charge >= 0.3 is 0 Å². The summed E-state index contributed by atoms with van der Waals surface area (Å²) in [5.74, 6) is 0.213. The van der Waals surface area contributed by atoms with Crippen molar-refractivity contribution in [2.75, 3.05) is 0 Å². The summed E-state index contributed by atoms with van der Waals surface area (Å²) in [6, 6.07) is 0. The predicted octanol–water partition coefficient (Wildman–Crippen LogP) is 3.27. The zero-order chi connectivity index (χ0) is 9.68. The van der Waals surface area contributed by atoms with E-state index in [0.717, 1.165) is 32.0 Å². The van der Waals surface area contributed by atoms with Crippen LogP contribution in [0.1, 0.15) is 39.5 Å². The highest BCUT2D eigenvalue weighted by Crippen LogP contribution is 2.32. The first-order valence-corrected chi connectivity index (χ1v) is 5.08. The summed E-state index contributed by atoms with van der Waals surface area (Å²) in [6.45, 7) is 4.24. The second-order valence-corrected chi connectivity index (χ2v) is 3.65. The zero-order valence-electron chi connectivity index (χ0n) is 8.55. The van der Waals surface area contributed by atoms with Gasteiger partial charge in [-0.15, -0.1) is 0 Å². The van der Waals surface area contributed by atoms with Crippen molar-refractivity contribution in [3.8, 4) is 0 Å². The molecule has 1 aliphatic rings. The maximum absolute atomic E-state index is 10.6. The molecule has 0 spiro atoms. The lowest BCUT2D eigenvalue weighted by Gasteiger charge is -2.01. The number of allylic oxidation sites excluding steroid dienone is 4. The summed E-state index contributed by atoms with van der Waals surface area (Å²) in [6.07, 6.45) is 9.79. The standard InChI is InChI=1S/C12H18O/c1-3-4-5-6-11-7-8-12(9-13)10(11)2/h4-5,9,12H,3,6-8H2,1-2H3. The van der Waals surface area contributed by atoms with E-state index in [1.807, 2.05) is 0 Å². The van der Waals surface area contributed by atoms with Crippen LogP contribution in [0.5, 0.6) is 0 Å². The monoisotopic (exact) mass is 178 g/mol. The minimum absolute atomic E-state index is 0.213. The fourth-order valence-corrected chi connectivity index (χ4v) is 1.83. The number of carbonyl (C=O) groups excluding carboxylic acids is 1. The van der Waals surface area contributed by atoms with Gasteiger partial charge in [-0.05, 0) is 32.6 Å². The molecule has 0 heterocycles. The molecule has 1 heteroatoms. The van der Waals surface area contributed by atoms with Gasteiger partial charge in [0, 0.05) is 5.92 Å². The van der Waals surface area contributed by atoms with E-state index < -0.39 is 0 Å². The molecule has 0 bridgehead atoms. The van der Waals surface area contributed by atoms with Crippen molar-refractivity contribution < 1.29 is 4.79 Å². The molecular formula is C12H18O. The van der Waals surface area contributed by atoms with Crippen LogP contribution in [0.4, 0.5) is 0 Å². The molecule has 0 saturated heterocycles. The third kappa shape index (κ3) is 2.55. The van der Waals surface area contributed by atoms with Gasteiger partial charge in [-0.2, -0.15) is 0 Å². The van der Waals surface area contributed by atoms with Crippen LogP contribution in [0.2, 0.25) is 0 Å². The minimum Gasteiger partial charge on any atom is -0.303 e. The first-order valence-electron chi connectivity index (χ1n) is 5.08. The molecular weight excluding hydrogens is 160 g/mol. The summed E-state index contributed by atoms with van der Waals surface area (Å²) in [5.41, 5.74) is 2.79. The Bertz CT molecular complexity index is 236. The summed E-state index contributed by atoms with van der Waals surface area (Å²) >= 11 is 0. The molecule has 0 amide bonds. The Morgan fingerprint density at radius 2 is 2.23 bits per heavy atom. The van der Waals surface area contributed by atoms with Crippen molar-refractivity contribution in [3.05, 3.63) is 23.3 Å². The van der Waals surface area contributed by atoms with Gasteiger partial charge < -0.3 is 4.79 Å². The average Bonchev–Trinajstić information content (AvgIpc) is 2.48. The Morgan fingerprint density at radius 1 is 1.46 bits per heavy atom. The molecule has 0 aliphatic heterocycles. The number of rotatable bonds is 4. The van der Waals surface area contributed by atoms with Crippen LogP contribution < -0.4 is 0 Å². The first-order chi connectivity index (χ1) is 6.29. The van der Waals surface area contributed by atoms with E-state index in [-0.39, 0.29) is 5.92 Å². The van der Waals surface area contributed by atoms with E-state index in [1.54, 1.807) is 0 Å². The third-order valence-corrected chi connectivity index (χ3v) is 2.80. The van der Waals surface area contributed by atoms with Crippen LogP contribution in [-0.2, 0) is 4.79 Å². The fraction of sp³-hybridized carbons (Fsp3) is 0.583. The molecule has 1 rings (SSSR count). The third-order valence-electron chi connectivity index (χ3n) is 2.80. The lowest BCUT2D eigenvalue weighted by atomic mass is 10.0. The molecule has 1 nitrogen and oxygen atoms in total. The van der Waals surface area contributed by atoms with Gasteiger partial charge in [0.1, 0.15) is 6.29 Å². The molecule has 13 heavy (non-hydrogen) atoms. The molecule has 0 N–H and O–H groups in total. The van der Waals surface area contributed by atoms with Gasteiger partial charge in [-0.1, -0.05) is 30.2 Å². The van der Waals surface area contributed by atoms with E-state index in [9.17, 15) is 4.79 Å². The topological polar surface area (TPSA) is 17.1 Å². The van der Waals surface area contributed by atoms with Crippen LogP contribution in [0.3, 0.4) is 0 Å². The number of hydrogen-bond donors (Lipinski definition) is 0. The summed E-state index contributed by atoms with van der Waals surface area (Å²) in [7, 11) is 0. The number of hydrogen-bond acceptors (Lipinski definition) is 1. The van der Waals surface area contributed by atoms with Gasteiger partial charge in [-0.25, -0.2) is 0 Å². The quantitative estimate of drug-likeness (QED) is 0.477. The van der Waals surface area contributed by atoms with E-state index in [4.69, 9.17) is 0 Å². The Balaban J connectivity index is 2.54. The van der Waals surface area contributed by atoms with Gasteiger partial charge in [0.2, 0.25) is 0 Å². The van der Waals surface area contributed by atoms with E-state index in [0.29, 0.717) is 0 Å². The van der Waals surface area contributed by atoms with Crippen LogP contribution in [-0.4, -0.2) is 6.29 Å². The Kier molecular flexibility index (Phi) is 3.94. The maximum atomic E-state index is 10.6. The molecule has 0 saturated carbocycles. The summed E-state index contributed by atoms with van der Waals surface area (Å²) in [4.78, 5) is 10.6. The highest BCUT2D eigenvalue weighted by molar-refractivity contribution is 5.60. The average molecular weight is 178 g/mol. The second-order valence-electron chi connectivity index (χ2n) is 3.65. The van der Waals surface area contributed by atoms with Crippen LogP contribution in [0, 0.1) is 5.92 Å². The molecule has 1 unspecified atom stereocenters. The Labute approximate surface area is 80.5 Å². The number of carbonyl (C=O) groups is 1. The molecule has 1 aliphatic carbocycles. The van der Waals surface area contributed by atoms with Crippen molar-refractivity contribution in [3.63, 3.8) is 0 Å². The lowest BCUT2D eigenvalue weighted by molar-refractivity contribution is -0.110. The Hall–Kier alpha value is -0.850. The van der Waals surface area contributed by atoms with Crippen molar-refractivity contribution in [1.82, 2.24) is 0 Å². The van der Waals surface area contributed by atoms with Gasteiger partial charge in [0.25, 0.3) is 0 Å². The van der Waals surface area contributed by atoms with Crippen LogP contribution in [0.15, 0.2) is 23.3 Å². The predicted molar refractivity (Wildman–Crippen MR) is 55.5 cm³/mol. The molecule has 1 atom stereocenters. The molecule has 0 aromatic carbocycles. The first kappa shape index (κ1) is 10.2. The highest BCUT2D eigenvalue weighted by atomic mass is 16.1. The summed E-state index contributed by atoms with van der Waals surface area (Å²) < 4.78 is 0. The van der Waals surface area contributed by atoms with Crippen molar-refractivity contribution >= 4 is 6.29 Å². The lowest BCUT2D eigenvalue weighted by Crippen LogP contribution is -1.96. The summed E-state index contributed by atoms with van der Waals surface area (Å²) in [5, 5.41) is 0. The molecule has 0 aromatic heterocycles. The SMILES string of the molecule is CCC=CCC1=C(C)C(C=O)CC1. The largest absolute Gasteiger partial charge is 0.303 e. The molecule has 0 radical (unpaired) electrons. The van der Waals surface area contributed by atoms with E-state index in [1.165, 1.54) is 11.1 Å². The number of aldehydes is 1. The smallest absolute Gasteiger partial charge is 0.127 e. The second kappa shape index (κ2) is 5.00. The van der Waals surface area contributed by atoms with E-state index >= 15 is 0 Å². The van der Waals surface area contributed by atoms with Gasteiger partial charge in [0.15, 0.2) is 0 Å². The van der Waals surface area contributed by atoms with Crippen molar-refractivity contribution in [2.24, 2.45) is 5.92 Å². The van der Waals surface area contributed by atoms with Crippen molar-refractivity contribution in [2.45, 2.75) is 39.5 Å². The van der Waals surface area contributed by atoms with Gasteiger partial charge in [0.05, 0.1) is 0 Å². The fourth-order valence-electron chi connectivity index (χ4n) is 1.83. The normalized spacial score (nSPS) is 23.1. The molecule has 0 fully saturated rings. The van der Waals surface area contributed by atoms with E-state index in [2.05, 4.69) is 26.0 Å². The minimum atomic E-state index is 0.213. The Morgan fingerprint density at radius 3 is 2.77 bits per heavy atom.